The lowest BCUT2D eigenvalue weighted by Crippen LogP contribution is -2.38. The minimum absolute atomic E-state index is 0.206. The van der Waals surface area contributed by atoms with Crippen LogP contribution < -0.4 is 9.47 Å². The molecule has 1 aliphatic rings. The van der Waals surface area contributed by atoms with Gasteiger partial charge in [0.25, 0.3) is 0 Å². The zero-order valence-electron chi connectivity index (χ0n) is 16.4. The van der Waals surface area contributed by atoms with Crippen LogP contribution in [0, 0.1) is 5.82 Å². The quantitative estimate of drug-likeness (QED) is 0.754. The minimum atomic E-state index is -0.571. The first-order chi connectivity index (χ1) is 13.6. The number of aliphatic hydroxyl groups is 1. The van der Waals surface area contributed by atoms with Crippen molar-refractivity contribution in [3.63, 3.8) is 0 Å². The molecule has 5 nitrogen and oxygen atoms in total. The van der Waals surface area contributed by atoms with Crippen LogP contribution in [0.1, 0.15) is 12.0 Å². The van der Waals surface area contributed by atoms with Crippen molar-refractivity contribution >= 4 is 0 Å². The van der Waals surface area contributed by atoms with Gasteiger partial charge in [0.15, 0.2) is 0 Å². The lowest BCUT2D eigenvalue weighted by atomic mass is 10.2. The molecule has 0 aromatic heterocycles. The summed E-state index contributed by atoms with van der Waals surface area (Å²) in [6, 6.07) is 14.1. The van der Waals surface area contributed by atoms with Crippen LogP contribution in [0.3, 0.4) is 0 Å². The molecule has 2 aromatic rings. The number of β-amino-alcohol motifs (C(OH)–C–C–N with tert-alkyl or cyclic N) is 1. The summed E-state index contributed by atoms with van der Waals surface area (Å²) >= 11 is 0. The molecule has 6 heteroatoms. The summed E-state index contributed by atoms with van der Waals surface area (Å²) in [7, 11) is 1.68. The first-order valence-corrected chi connectivity index (χ1v) is 9.76. The maximum atomic E-state index is 12.9. The second-order valence-corrected chi connectivity index (χ2v) is 7.20. The highest BCUT2D eigenvalue weighted by atomic mass is 19.1. The smallest absolute Gasteiger partial charge is 0.123 e. The third-order valence-corrected chi connectivity index (χ3v) is 4.97. The predicted octanol–water partition coefficient (Wildman–Crippen LogP) is 2.78. The molecular formula is C22H29FN2O3. The fraction of sp³-hybridized carbons (Fsp3) is 0.455. The van der Waals surface area contributed by atoms with E-state index in [4.69, 9.17) is 9.47 Å². The van der Waals surface area contributed by atoms with Gasteiger partial charge in [0.1, 0.15) is 30.0 Å². The van der Waals surface area contributed by atoms with E-state index in [0.29, 0.717) is 12.3 Å². The Kier molecular flexibility index (Phi) is 7.65. The number of methoxy groups -OCH3 is 1. The van der Waals surface area contributed by atoms with Crippen molar-refractivity contribution in [2.24, 2.45) is 0 Å². The molecule has 152 valence electrons. The Morgan fingerprint density at radius 3 is 2.29 bits per heavy atom. The number of rotatable bonds is 8. The molecule has 1 atom stereocenters. The molecule has 1 unspecified atom stereocenters. The van der Waals surface area contributed by atoms with E-state index in [0.717, 1.165) is 44.9 Å². The van der Waals surface area contributed by atoms with E-state index in [9.17, 15) is 9.50 Å². The van der Waals surface area contributed by atoms with Gasteiger partial charge in [-0.2, -0.15) is 0 Å². The van der Waals surface area contributed by atoms with E-state index in [1.54, 1.807) is 19.2 Å². The summed E-state index contributed by atoms with van der Waals surface area (Å²) in [6.45, 7) is 5.61. The fourth-order valence-corrected chi connectivity index (χ4v) is 3.43. The summed E-state index contributed by atoms with van der Waals surface area (Å²) in [6.07, 6.45) is 0.500. The molecule has 1 aliphatic heterocycles. The maximum absolute atomic E-state index is 12.9. The van der Waals surface area contributed by atoms with Crippen LogP contribution >= 0.6 is 0 Å². The second-order valence-electron chi connectivity index (χ2n) is 7.20. The Labute approximate surface area is 166 Å². The summed E-state index contributed by atoms with van der Waals surface area (Å²) in [4.78, 5) is 4.73. The predicted molar refractivity (Wildman–Crippen MR) is 107 cm³/mol. The highest BCUT2D eigenvalue weighted by molar-refractivity contribution is 5.27. The zero-order chi connectivity index (χ0) is 19.8. The van der Waals surface area contributed by atoms with Crippen LogP contribution in [0.4, 0.5) is 4.39 Å². The Morgan fingerprint density at radius 1 is 0.929 bits per heavy atom. The number of hydrogen-bond donors (Lipinski definition) is 1. The first kappa shape index (κ1) is 20.6. The average molecular weight is 388 g/mol. The van der Waals surface area contributed by atoms with Gasteiger partial charge >= 0.3 is 0 Å². The number of ether oxygens (including phenoxy) is 2. The molecule has 3 rings (SSSR count). The summed E-state index contributed by atoms with van der Waals surface area (Å²) in [5, 5.41) is 10.3. The van der Waals surface area contributed by atoms with Gasteiger partial charge < -0.3 is 14.6 Å². The SMILES string of the molecule is COc1ccc(CN2CCCN(CC(O)COc3ccc(F)cc3)CC2)cc1. The minimum Gasteiger partial charge on any atom is -0.497 e. The van der Waals surface area contributed by atoms with Crippen molar-refractivity contribution in [3.8, 4) is 11.5 Å². The van der Waals surface area contributed by atoms with E-state index in [-0.39, 0.29) is 12.4 Å². The molecule has 0 spiro atoms. The molecule has 1 N–H and O–H groups in total. The maximum Gasteiger partial charge on any atom is 0.123 e. The Hall–Kier alpha value is -2.15. The average Bonchev–Trinajstić information content (AvgIpc) is 2.93. The van der Waals surface area contributed by atoms with Crippen LogP contribution in [0.15, 0.2) is 48.5 Å². The van der Waals surface area contributed by atoms with Gasteiger partial charge in [-0.25, -0.2) is 4.39 Å². The summed E-state index contributed by atoms with van der Waals surface area (Å²) in [5.74, 6) is 1.15. The number of nitrogens with zero attached hydrogens (tertiary/aromatic N) is 2. The van der Waals surface area contributed by atoms with E-state index >= 15 is 0 Å². The fourth-order valence-electron chi connectivity index (χ4n) is 3.43. The Morgan fingerprint density at radius 2 is 1.57 bits per heavy atom. The molecular weight excluding hydrogens is 359 g/mol. The van der Waals surface area contributed by atoms with Crippen molar-refractivity contribution in [3.05, 3.63) is 59.9 Å². The van der Waals surface area contributed by atoms with Crippen LogP contribution in [-0.4, -0.2) is 67.5 Å². The second kappa shape index (κ2) is 10.4. The van der Waals surface area contributed by atoms with E-state index in [1.165, 1.54) is 17.7 Å². The molecule has 0 aliphatic carbocycles. The van der Waals surface area contributed by atoms with Crippen molar-refractivity contribution in [2.45, 2.75) is 19.1 Å². The topological polar surface area (TPSA) is 45.2 Å². The number of halogens is 1. The normalized spacial score (nSPS) is 17.1. The van der Waals surface area contributed by atoms with Crippen LogP contribution in [-0.2, 0) is 6.54 Å². The van der Waals surface area contributed by atoms with Crippen molar-refractivity contribution < 1.29 is 19.0 Å². The van der Waals surface area contributed by atoms with Crippen molar-refractivity contribution in [2.75, 3.05) is 46.4 Å². The molecule has 1 saturated heterocycles. The molecule has 1 heterocycles. The number of aliphatic hydroxyl groups excluding tert-OH is 1. The number of benzene rings is 2. The standard InChI is InChI=1S/C22H29FN2O3/c1-27-21-7-3-18(4-8-21)15-24-11-2-12-25(14-13-24)16-20(26)17-28-22-9-5-19(23)6-10-22/h3-10,20,26H,2,11-17H2,1H3. The third-order valence-electron chi connectivity index (χ3n) is 4.97. The number of hydrogen-bond acceptors (Lipinski definition) is 5. The monoisotopic (exact) mass is 388 g/mol. The zero-order valence-corrected chi connectivity index (χ0v) is 16.4. The third kappa shape index (κ3) is 6.48. The summed E-state index contributed by atoms with van der Waals surface area (Å²) < 4.78 is 23.7. The molecule has 1 fully saturated rings. The molecule has 2 aromatic carbocycles. The Balaban J connectivity index is 1.40. The molecule has 0 radical (unpaired) electrons. The lowest BCUT2D eigenvalue weighted by molar-refractivity contribution is 0.0692. The lowest BCUT2D eigenvalue weighted by Gasteiger charge is -2.24. The highest BCUT2D eigenvalue weighted by Crippen LogP contribution is 2.15. The van der Waals surface area contributed by atoms with Crippen LogP contribution in [0.25, 0.3) is 0 Å². The molecule has 28 heavy (non-hydrogen) atoms. The van der Waals surface area contributed by atoms with E-state index in [1.807, 2.05) is 12.1 Å². The van der Waals surface area contributed by atoms with Crippen LogP contribution in [0.2, 0.25) is 0 Å². The molecule has 0 saturated carbocycles. The van der Waals surface area contributed by atoms with Gasteiger partial charge in [-0.15, -0.1) is 0 Å². The van der Waals surface area contributed by atoms with Gasteiger partial charge in [-0.3, -0.25) is 9.80 Å². The van der Waals surface area contributed by atoms with Gasteiger partial charge in [0, 0.05) is 26.2 Å². The van der Waals surface area contributed by atoms with Gasteiger partial charge in [-0.1, -0.05) is 12.1 Å². The largest absolute Gasteiger partial charge is 0.497 e. The highest BCUT2D eigenvalue weighted by Gasteiger charge is 2.18. The van der Waals surface area contributed by atoms with Gasteiger partial charge in [0.2, 0.25) is 0 Å². The van der Waals surface area contributed by atoms with Crippen molar-refractivity contribution in [1.29, 1.82) is 0 Å². The Bertz CT molecular complexity index is 709. The molecule has 0 amide bonds. The van der Waals surface area contributed by atoms with E-state index in [2.05, 4.69) is 21.9 Å². The molecule has 0 bridgehead atoms. The van der Waals surface area contributed by atoms with Crippen LogP contribution in [0.5, 0.6) is 11.5 Å². The summed E-state index contributed by atoms with van der Waals surface area (Å²) in [5.41, 5.74) is 1.28. The first-order valence-electron chi connectivity index (χ1n) is 9.76. The van der Waals surface area contributed by atoms with Gasteiger partial charge in [-0.05, 0) is 61.5 Å². The van der Waals surface area contributed by atoms with Gasteiger partial charge in [0.05, 0.1) is 7.11 Å². The van der Waals surface area contributed by atoms with E-state index < -0.39 is 6.10 Å². The van der Waals surface area contributed by atoms with Crippen molar-refractivity contribution in [1.82, 2.24) is 9.80 Å².